The van der Waals surface area contributed by atoms with Gasteiger partial charge in [-0.3, -0.25) is 14.4 Å². The van der Waals surface area contributed by atoms with E-state index in [1.807, 2.05) is 0 Å². The summed E-state index contributed by atoms with van der Waals surface area (Å²) in [6.07, 6.45) is 0.740. The summed E-state index contributed by atoms with van der Waals surface area (Å²) in [6.45, 7) is 1.56. The molecule has 5 N–H and O–H groups in total. The lowest BCUT2D eigenvalue weighted by atomic mass is 9.86. The van der Waals surface area contributed by atoms with E-state index < -0.39 is 42.1 Å². The number of benzene rings is 1. The number of carbonyl (C=O) groups is 4. The summed E-state index contributed by atoms with van der Waals surface area (Å²) in [5.41, 5.74) is 6.60. The van der Waals surface area contributed by atoms with Crippen molar-refractivity contribution in [3.05, 3.63) is 47.2 Å². The molecule has 0 spiro atoms. The maximum Gasteiger partial charge on any atom is 0.337 e. The number of phenols is 2. The van der Waals surface area contributed by atoms with E-state index in [4.69, 9.17) is 29.8 Å². The number of methoxy groups -OCH3 is 1. The Morgan fingerprint density at radius 3 is 2.53 bits per heavy atom. The largest absolute Gasteiger partial charge is 0.504 e. The summed E-state index contributed by atoms with van der Waals surface area (Å²) in [5.74, 6) is -4.91. The SMILES string of the molecule is C/C=C1/C(OC(=O)[C@@H](N)CCC(=O)O)OC=C(C(=O)OC)C1CC(=O)OCCc1ccc(O)c(O)c1. The first-order valence-corrected chi connectivity index (χ1v) is 11.0. The van der Waals surface area contributed by atoms with Gasteiger partial charge in [-0.25, -0.2) is 4.79 Å². The van der Waals surface area contributed by atoms with Crippen LogP contribution in [0, 0.1) is 5.92 Å². The van der Waals surface area contributed by atoms with E-state index in [1.54, 1.807) is 13.0 Å². The van der Waals surface area contributed by atoms with Gasteiger partial charge in [-0.05, 0) is 31.0 Å². The molecule has 3 atom stereocenters. The average molecular weight is 507 g/mol. The van der Waals surface area contributed by atoms with Crippen LogP contribution in [0.2, 0.25) is 0 Å². The normalized spacial score (nSPS) is 19.0. The molecule has 0 aromatic heterocycles. The highest BCUT2D eigenvalue weighted by molar-refractivity contribution is 5.91. The van der Waals surface area contributed by atoms with Crippen LogP contribution in [0.4, 0.5) is 0 Å². The maximum atomic E-state index is 12.6. The number of aliphatic carboxylic acids is 1. The molecule has 12 heteroatoms. The first-order valence-electron chi connectivity index (χ1n) is 11.0. The smallest absolute Gasteiger partial charge is 0.337 e. The Morgan fingerprint density at radius 2 is 1.92 bits per heavy atom. The van der Waals surface area contributed by atoms with E-state index in [-0.39, 0.29) is 54.9 Å². The molecule has 36 heavy (non-hydrogen) atoms. The van der Waals surface area contributed by atoms with Crippen molar-refractivity contribution >= 4 is 23.9 Å². The lowest BCUT2D eigenvalue weighted by Crippen LogP contribution is -2.39. The lowest BCUT2D eigenvalue weighted by molar-refractivity contribution is -0.167. The molecule has 1 aromatic rings. The molecule has 1 aliphatic heterocycles. The molecule has 0 amide bonds. The fourth-order valence-corrected chi connectivity index (χ4v) is 3.43. The zero-order valence-electron chi connectivity index (χ0n) is 19.8. The number of rotatable bonds is 11. The number of carboxylic acids is 1. The fourth-order valence-electron chi connectivity index (χ4n) is 3.43. The highest BCUT2D eigenvalue weighted by Gasteiger charge is 2.38. The number of carboxylic acid groups (broad SMARTS) is 1. The molecule has 196 valence electrons. The highest BCUT2D eigenvalue weighted by Crippen LogP contribution is 2.34. The Kier molecular flexibility index (Phi) is 10.3. The summed E-state index contributed by atoms with van der Waals surface area (Å²) in [7, 11) is 1.16. The van der Waals surface area contributed by atoms with Crippen LogP contribution in [0.3, 0.4) is 0 Å². The van der Waals surface area contributed by atoms with Gasteiger partial charge in [0, 0.05) is 24.3 Å². The van der Waals surface area contributed by atoms with Gasteiger partial charge in [-0.2, -0.15) is 0 Å². The van der Waals surface area contributed by atoms with Crippen LogP contribution in [-0.2, 0) is 44.5 Å². The molecule has 2 unspecified atom stereocenters. The molecular weight excluding hydrogens is 478 g/mol. The number of ether oxygens (including phenoxy) is 4. The number of phenolic OH excluding ortho intramolecular Hbond substituents is 2. The number of nitrogens with two attached hydrogens (primary N) is 1. The predicted molar refractivity (Wildman–Crippen MR) is 122 cm³/mol. The van der Waals surface area contributed by atoms with Gasteiger partial charge in [0.15, 0.2) is 11.5 Å². The number of aromatic hydroxyl groups is 2. The standard InChI is InChI=1S/C24H29NO11/c1-3-14-15(11-21(30)34-9-8-13-4-6-18(26)19(27)10-13)16(22(31)33-2)12-35-24(14)36-23(32)17(25)5-7-20(28)29/h3-4,6,10,12,15,17,24,26-27H,5,7-9,11,25H2,1-2H3,(H,28,29)/b14-3+/t15?,17-,24?/m0/s1. The third-order valence-electron chi connectivity index (χ3n) is 5.38. The van der Waals surface area contributed by atoms with Gasteiger partial charge in [-0.1, -0.05) is 12.1 Å². The van der Waals surface area contributed by atoms with Crippen molar-refractivity contribution in [2.75, 3.05) is 13.7 Å². The zero-order valence-corrected chi connectivity index (χ0v) is 19.8. The van der Waals surface area contributed by atoms with Gasteiger partial charge in [0.2, 0.25) is 0 Å². The van der Waals surface area contributed by atoms with Gasteiger partial charge in [-0.15, -0.1) is 0 Å². The second-order valence-corrected chi connectivity index (χ2v) is 7.85. The van der Waals surface area contributed by atoms with E-state index in [2.05, 4.69) is 0 Å². The van der Waals surface area contributed by atoms with E-state index >= 15 is 0 Å². The number of hydrogen-bond acceptors (Lipinski definition) is 11. The van der Waals surface area contributed by atoms with Crippen molar-refractivity contribution in [1.82, 2.24) is 0 Å². The van der Waals surface area contributed by atoms with E-state index in [9.17, 15) is 29.4 Å². The van der Waals surface area contributed by atoms with E-state index in [1.165, 1.54) is 18.2 Å². The summed E-state index contributed by atoms with van der Waals surface area (Å²) in [5, 5.41) is 27.7. The molecule has 1 aliphatic rings. The second kappa shape index (κ2) is 13.1. The summed E-state index contributed by atoms with van der Waals surface area (Å²) in [4.78, 5) is 47.9. The van der Waals surface area contributed by atoms with Gasteiger partial charge < -0.3 is 40.0 Å². The van der Waals surface area contributed by atoms with Crippen LogP contribution in [-0.4, -0.2) is 65.2 Å². The van der Waals surface area contributed by atoms with Crippen LogP contribution < -0.4 is 5.73 Å². The third-order valence-corrected chi connectivity index (χ3v) is 5.38. The molecule has 1 heterocycles. The average Bonchev–Trinajstić information content (AvgIpc) is 2.84. The molecule has 0 aliphatic carbocycles. The molecule has 0 radical (unpaired) electrons. The minimum absolute atomic E-state index is 0.00785. The maximum absolute atomic E-state index is 12.6. The second-order valence-electron chi connectivity index (χ2n) is 7.85. The Balaban J connectivity index is 2.08. The van der Waals surface area contributed by atoms with E-state index in [0.29, 0.717) is 5.56 Å². The van der Waals surface area contributed by atoms with Gasteiger partial charge in [0.25, 0.3) is 6.29 Å². The van der Waals surface area contributed by atoms with Crippen molar-refractivity contribution < 1.29 is 53.4 Å². The van der Waals surface area contributed by atoms with Crippen LogP contribution in [0.1, 0.15) is 31.7 Å². The van der Waals surface area contributed by atoms with Gasteiger partial charge in [0.05, 0.1) is 32.0 Å². The number of hydrogen-bond donors (Lipinski definition) is 4. The molecular formula is C24H29NO11. The molecule has 0 fully saturated rings. The lowest BCUT2D eigenvalue weighted by Gasteiger charge is -2.31. The first kappa shape index (κ1) is 28.2. The van der Waals surface area contributed by atoms with Crippen molar-refractivity contribution in [3.63, 3.8) is 0 Å². The summed E-state index contributed by atoms with van der Waals surface area (Å²) in [6, 6.07) is 3.02. The van der Waals surface area contributed by atoms with Crippen LogP contribution in [0.15, 0.2) is 41.7 Å². The Labute approximate surface area is 206 Å². The minimum atomic E-state index is -1.30. The van der Waals surface area contributed by atoms with Crippen molar-refractivity contribution in [2.24, 2.45) is 11.7 Å². The van der Waals surface area contributed by atoms with Gasteiger partial charge >= 0.3 is 23.9 Å². The van der Waals surface area contributed by atoms with Crippen LogP contribution in [0.5, 0.6) is 11.5 Å². The molecule has 12 nitrogen and oxygen atoms in total. The van der Waals surface area contributed by atoms with Crippen molar-refractivity contribution in [3.8, 4) is 11.5 Å². The molecule has 0 bridgehead atoms. The highest BCUT2D eigenvalue weighted by atomic mass is 16.7. The summed E-state index contributed by atoms with van der Waals surface area (Å²) < 4.78 is 20.7. The fraction of sp³-hybridized carbons (Fsp3) is 0.417. The molecule has 0 saturated carbocycles. The minimum Gasteiger partial charge on any atom is -0.504 e. The van der Waals surface area contributed by atoms with Crippen molar-refractivity contribution in [1.29, 1.82) is 0 Å². The Morgan fingerprint density at radius 1 is 1.19 bits per heavy atom. The van der Waals surface area contributed by atoms with Crippen LogP contribution in [0.25, 0.3) is 0 Å². The monoisotopic (exact) mass is 507 g/mol. The van der Waals surface area contributed by atoms with Crippen molar-refractivity contribution in [2.45, 2.75) is 44.9 Å². The summed E-state index contributed by atoms with van der Waals surface area (Å²) >= 11 is 0. The Bertz CT molecular complexity index is 1050. The molecule has 0 saturated heterocycles. The number of carbonyl (C=O) groups excluding carboxylic acids is 3. The number of esters is 3. The zero-order chi connectivity index (χ0) is 26.8. The van der Waals surface area contributed by atoms with Crippen LogP contribution >= 0.6 is 0 Å². The first-order chi connectivity index (χ1) is 17.1. The molecule has 2 rings (SSSR count). The Hall–Kier alpha value is -4.06. The predicted octanol–water partition coefficient (Wildman–Crippen LogP) is 1.28. The molecule has 1 aromatic carbocycles. The van der Waals surface area contributed by atoms with Gasteiger partial charge in [0.1, 0.15) is 6.04 Å². The van der Waals surface area contributed by atoms with E-state index in [0.717, 1.165) is 13.4 Å². The quantitative estimate of drug-likeness (QED) is 0.145. The third kappa shape index (κ3) is 7.73. The number of allylic oxidation sites excluding steroid dienone is 1. The topological polar surface area (TPSA) is 192 Å².